The Labute approximate surface area is 142 Å². The van der Waals surface area contributed by atoms with Gasteiger partial charge < -0.3 is 9.88 Å². The summed E-state index contributed by atoms with van der Waals surface area (Å²) < 4.78 is 1.15. The maximum absolute atomic E-state index is 12.7. The lowest BCUT2D eigenvalue weighted by Gasteiger charge is -2.27. The number of rotatable bonds is 1. The van der Waals surface area contributed by atoms with Gasteiger partial charge in [-0.05, 0) is 52.9 Å². The van der Waals surface area contributed by atoms with Crippen molar-refractivity contribution in [3.05, 3.63) is 68.9 Å². The van der Waals surface area contributed by atoms with Crippen molar-refractivity contribution in [3.8, 4) is 0 Å². The quantitative estimate of drug-likeness (QED) is 0.615. The summed E-state index contributed by atoms with van der Waals surface area (Å²) in [4.78, 5) is 18.1. The van der Waals surface area contributed by atoms with E-state index < -0.39 is 0 Å². The number of nitrogens with zero attached hydrogens (tertiary/aromatic N) is 1. The highest BCUT2D eigenvalue weighted by Gasteiger charge is 2.24. The number of halogens is 1. The Morgan fingerprint density at radius 2 is 1.86 bits per heavy atom. The molecule has 0 bridgehead atoms. The van der Waals surface area contributed by atoms with E-state index in [0.29, 0.717) is 6.54 Å². The number of H-pyrrole nitrogens is 1. The topological polar surface area (TPSA) is 36.1 Å². The van der Waals surface area contributed by atoms with Crippen LogP contribution in [0.25, 0.3) is 10.9 Å². The predicted octanol–water partition coefficient (Wildman–Crippen LogP) is 3.97. The second kappa shape index (κ2) is 5.43. The van der Waals surface area contributed by atoms with Gasteiger partial charge in [0.15, 0.2) is 0 Å². The van der Waals surface area contributed by atoms with Crippen molar-refractivity contribution in [2.45, 2.75) is 13.0 Å². The number of carbonyl (C=O) groups is 1. The summed E-state index contributed by atoms with van der Waals surface area (Å²) in [6.45, 7) is 1.45. The molecule has 0 aliphatic carbocycles. The molecule has 1 N–H and O–H groups in total. The van der Waals surface area contributed by atoms with Crippen molar-refractivity contribution in [2.75, 3.05) is 6.54 Å². The van der Waals surface area contributed by atoms with Crippen LogP contribution in [0.15, 0.2) is 48.5 Å². The maximum Gasteiger partial charge on any atom is 0.254 e. The minimum atomic E-state index is 0.118. The third kappa shape index (κ3) is 2.31. The number of aromatic amines is 1. The van der Waals surface area contributed by atoms with Crippen LogP contribution in [0.3, 0.4) is 0 Å². The molecule has 0 fully saturated rings. The summed E-state index contributed by atoms with van der Waals surface area (Å²) in [6.07, 6.45) is 0.889. The predicted molar refractivity (Wildman–Crippen MR) is 95.9 cm³/mol. The van der Waals surface area contributed by atoms with Gasteiger partial charge in [-0.15, -0.1) is 0 Å². The van der Waals surface area contributed by atoms with Gasteiger partial charge in [0.1, 0.15) is 0 Å². The average Bonchev–Trinajstić information content (AvgIpc) is 2.92. The zero-order chi connectivity index (χ0) is 15.1. The van der Waals surface area contributed by atoms with Crippen LogP contribution >= 0.6 is 22.6 Å². The molecule has 0 spiro atoms. The van der Waals surface area contributed by atoms with E-state index in [2.05, 4.69) is 45.8 Å². The van der Waals surface area contributed by atoms with Crippen LogP contribution in [-0.2, 0) is 13.0 Å². The Morgan fingerprint density at radius 1 is 1.09 bits per heavy atom. The lowest BCUT2D eigenvalue weighted by atomic mass is 10.0. The molecule has 22 heavy (non-hydrogen) atoms. The van der Waals surface area contributed by atoms with Gasteiger partial charge in [0.25, 0.3) is 5.91 Å². The van der Waals surface area contributed by atoms with Gasteiger partial charge in [0.2, 0.25) is 0 Å². The fourth-order valence-electron chi connectivity index (χ4n) is 3.11. The number of aromatic nitrogens is 1. The Kier molecular flexibility index (Phi) is 3.41. The van der Waals surface area contributed by atoms with E-state index in [4.69, 9.17) is 0 Å². The highest BCUT2D eigenvalue weighted by atomic mass is 127. The Morgan fingerprint density at radius 3 is 2.68 bits per heavy atom. The molecule has 0 saturated heterocycles. The molecular formula is C18H15IN2O. The first kappa shape index (κ1) is 13.8. The average molecular weight is 402 g/mol. The van der Waals surface area contributed by atoms with Crippen LogP contribution in [0, 0.1) is 3.57 Å². The smallest absolute Gasteiger partial charge is 0.254 e. The number of amides is 1. The molecule has 3 nitrogen and oxygen atoms in total. The zero-order valence-electron chi connectivity index (χ0n) is 12.0. The Bertz CT molecular complexity index is 851. The van der Waals surface area contributed by atoms with Gasteiger partial charge in [0, 0.05) is 50.8 Å². The van der Waals surface area contributed by atoms with Crippen molar-refractivity contribution in [2.24, 2.45) is 0 Å². The maximum atomic E-state index is 12.7. The monoisotopic (exact) mass is 402 g/mol. The number of nitrogens with one attached hydrogen (secondary N) is 1. The third-order valence-electron chi connectivity index (χ3n) is 4.26. The van der Waals surface area contributed by atoms with E-state index in [1.54, 1.807) is 0 Å². The molecule has 0 unspecified atom stereocenters. The summed E-state index contributed by atoms with van der Waals surface area (Å²) in [5.74, 6) is 0.118. The first-order valence-electron chi connectivity index (χ1n) is 7.35. The number of fused-ring (bicyclic) bond motifs is 3. The fourth-order valence-corrected chi connectivity index (χ4v) is 3.47. The molecule has 110 valence electrons. The molecule has 2 aromatic carbocycles. The van der Waals surface area contributed by atoms with E-state index in [0.717, 1.165) is 27.6 Å². The van der Waals surface area contributed by atoms with Crippen LogP contribution in [0.1, 0.15) is 21.6 Å². The molecule has 1 aromatic heterocycles. The van der Waals surface area contributed by atoms with Crippen LogP contribution < -0.4 is 0 Å². The van der Waals surface area contributed by atoms with Crippen molar-refractivity contribution < 1.29 is 4.79 Å². The summed E-state index contributed by atoms with van der Waals surface area (Å²) in [6, 6.07) is 16.1. The molecule has 0 saturated carbocycles. The third-order valence-corrected chi connectivity index (χ3v) is 4.98. The number of para-hydroxylation sites is 1. The van der Waals surface area contributed by atoms with E-state index >= 15 is 0 Å². The summed E-state index contributed by atoms with van der Waals surface area (Å²) in [7, 11) is 0. The summed E-state index contributed by atoms with van der Waals surface area (Å²) >= 11 is 2.25. The Hall–Kier alpha value is -1.82. The van der Waals surface area contributed by atoms with E-state index in [9.17, 15) is 4.79 Å². The number of hydrogen-bond acceptors (Lipinski definition) is 1. The minimum absolute atomic E-state index is 0.118. The SMILES string of the molecule is O=C(c1ccc(I)cc1)N1CCc2[nH]c3ccccc3c2C1. The zero-order valence-corrected chi connectivity index (χ0v) is 14.1. The fraction of sp³-hybridized carbons (Fsp3) is 0.167. The van der Waals surface area contributed by atoms with Crippen molar-refractivity contribution in [1.82, 2.24) is 9.88 Å². The summed E-state index contributed by atoms with van der Waals surface area (Å²) in [5.41, 5.74) is 4.47. The number of benzene rings is 2. The highest BCUT2D eigenvalue weighted by molar-refractivity contribution is 14.1. The second-order valence-electron chi connectivity index (χ2n) is 5.61. The van der Waals surface area contributed by atoms with E-state index in [1.807, 2.05) is 35.2 Å². The lowest BCUT2D eigenvalue weighted by Crippen LogP contribution is -2.35. The molecule has 3 aromatic rings. The molecule has 1 aliphatic heterocycles. The standard InChI is InChI=1S/C18H15IN2O/c19-13-7-5-12(6-8-13)18(22)21-10-9-17-15(11-21)14-3-1-2-4-16(14)20-17/h1-8,20H,9-11H2. The van der Waals surface area contributed by atoms with Crippen molar-refractivity contribution in [1.29, 1.82) is 0 Å². The van der Waals surface area contributed by atoms with Gasteiger partial charge in [-0.2, -0.15) is 0 Å². The molecule has 1 amide bonds. The van der Waals surface area contributed by atoms with Gasteiger partial charge in [-0.1, -0.05) is 18.2 Å². The first-order chi connectivity index (χ1) is 10.7. The second-order valence-corrected chi connectivity index (χ2v) is 6.86. The molecule has 0 atom stereocenters. The van der Waals surface area contributed by atoms with Gasteiger partial charge >= 0.3 is 0 Å². The van der Waals surface area contributed by atoms with Crippen LogP contribution in [0.5, 0.6) is 0 Å². The van der Waals surface area contributed by atoms with Crippen LogP contribution in [-0.4, -0.2) is 22.3 Å². The molecule has 2 heterocycles. The largest absolute Gasteiger partial charge is 0.358 e. The van der Waals surface area contributed by atoms with Crippen LogP contribution in [0.4, 0.5) is 0 Å². The van der Waals surface area contributed by atoms with E-state index in [-0.39, 0.29) is 5.91 Å². The Balaban J connectivity index is 1.66. The molecule has 4 rings (SSSR count). The normalized spacial score (nSPS) is 14.1. The van der Waals surface area contributed by atoms with Crippen molar-refractivity contribution >= 4 is 39.4 Å². The van der Waals surface area contributed by atoms with Crippen molar-refractivity contribution in [3.63, 3.8) is 0 Å². The van der Waals surface area contributed by atoms with Gasteiger partial charge in [-0.3, -0.25) is 4.79 Å². The summed E-state index contributed by atoms with van der Waals surface area (Å²) in [5, 5.41) is 1.23. The molecular weight excluding hydrogens is 387 g/mol. The number of hydrogen-bond donors (Lipinski definition) is 1. The van der Waals surface area contributed by atoms with Gasteiger partial charge in [-0.25, -0.2) is 0 Å². The van der Waals surface area contributed by atoms with E-state index in [1.165, 1.54) is 16.6 Å². The van der Waals surface area contributed by atoms with Gasteiger partial charge in [0.05, 0.1) is 0 Å². The molecule has 0 radical (unpaired) electrons. The lowest BCUT2D eigenvalue weighted by molar-refractivity contribution is 0.0735. The minimum Gasteiger partial charge on any atom is -0.358 e. The first-order valence-corrected chi connectivity index (χ1v) is 8.43. The van der Waals surface area contributed by atoms with Crippen LogP contribution in [0.2, 0.25) is 0 Å². The highest BCUT2D eigenvalue weighted by Crippen LogP contribution is 2.28. The molecule has 4 heteroatoms. The number of carbonyl (C=O) groups excluding carboxylic acids is 1. The molecule has 1 aliphatic rings.